The van der Waals surface area contributed by atoms with E-state index in [1.807, 2.05) is 0 Å². The van der Waals surface area contributed by atoms with Crippen molar-refractivity contribution >= 4 is 64.9 Å². The second-order valence-corrected chi connectivity index (χ2v) is 19.0. The van der Waals surface area contributed by atoms with Crippen LogP contribution < -0.4 is 42.8 Å². The number of allylic oxidation sites excluding steroid dienone is 2. The number of carbonyl (C=O) groups is 10. The number of carboxylic acid groups (broad SMARTS) is 1. The molecule has 1 aromatic heterocycles. The molecule has 0 radical (unpaired) electrons. The van der Waals surface area contributed by atoms with Gasteiger partial charge >= 0.3 is 11.9 Å². The first-order valence-corrected chi connectivity index (χ1v) is 24.8. The van der Waals surface area contributed by atoms with E-state index in [1.54, 1.807) is 50.2 Å². The topological polar surface area (TPSA) is 330 Å². The number of nitrogens with one attached hydrogen (secondary N) is 7. The maximum absolute atomic E-state index is 15.4. The van der Waals surface area contributed by atoms with Gasteiger partial charge in [0.05, 0.1) is 55.2 Å². The smallest absolute Gasteiger partial charge is 0.343 e. The number of nitrogens with zero attached hydrogens (tertiary/aromatic N) is 2. The fourth-order valence-electron chi connectivity index (χ4n) is 10.3. The Kier molecular flexibility index (Phi) is 15.9. The molecule has 2 aromatic rings. The largest absolute Gasteiger partial charge is 0.481 e. The highest BCUT2D eigenvalue weighted by Crippen LogP contribution is 2.49. The first-order chi connectivity index (χ1) is 36.3. The van der Waals surface area contributed by atoms with Crippen molar-refractivity contribution in [3.8, 4) is 0 Å². The fourth-order valence-corrected chi connectivity index (χ4v) is 10.3. The SMILES string of the molecule is CC[C@@]1(O)C(=O)OCc2c1cc1n(c2=O)CC2=C1NC1C=C(F)C(C)=C3CC[C@H](NC(=O)CCCNC(=O)CNC(=O)[C@H](Cc4ccccc4)NC(=O)CNC(=O)CNC(=O)[C@H](CCC(=O)O)N4C(=O)C=CC4=O)C2=C31. The summed E-state index contributed by atoms with van der Waals surface area (Å²) in [6, 6.07) is 6.34. The number of rotatable bonds is 21. The number of fused-ring (bicyclic) bond motifs is 4. The highest BCUT2D eigenvalue weighted by atomic mass is 19.1. The predicted octanol–water partition coefficient (Wildman–Crippen LogP) is -0.911. The first-order valence-electron chi connectivity index (χ1n) is 24.8. The zero-order valence-corrected chi connectivity index (χ0v) is 41.5. The molecule has 23 nitrogen and oxygen atoms in total. The molecule has 0 saturated heterocycles. The number of hydrogen-bond donors (Lipinski definition) is 9. The second-order valence-electron chi connectivity index (χ2n) is 19.0. The standard InChI is InChI=1S/C52H56FN9O14/c1-3-52(75)31-19-37-47-29(24-61(37)50(73)30(31)25-76-51(52)74)46-33(12-11-28-26(2)32(53)20-34(60-47)45(28)46)58-38(63)10-7-17-54-39(64)21-56-48(71)35(18-27-8-5-4-6-9-27)59-41(66)23-55-40(65)22-57-49(72)36(13-16-44(69)70)62-42(67)14-15-43(62)68/h4-6,8-9,14-15,19-20,33-36,60,75H,3,7,10-13,16-18,21-25H2,1-2H3,(H,54,64)(H,55,65)(H,56,71)(H,57,72)(H,58,63)(H,59,66)(H,69,70)/t33-,34?,35-,36-,52-/m0/s1. The lowest BCUT2D eigenvalue weighted by atomic mass is 9.72. The molecule has 4 aliphatic heterocycles. The molecular weight excluding hydrogens is 994 g/mol. The molecule has 9 N–H and O–H groups in total. The van der Waals surface area contributed by atoms with Crippen LogP contribution in [0.1, 0.15) is 81.2 Å². The molecule has 0 saturated carbocycles. The average molecular weight is 1050 g/mol. The number of imide groups is 1. The molecule has 6 aliphatic rings. The molecular formula is C52H56FN9O14. The van der Waals surface area contributed by atoms with Gasteiger partial charge in [0.25, 0.3) is 17.4 Å². The number of carboxylic acids is 1. The lowest BCUT2D eigenvalue weighted by Gasteiger charge is -2.41. The quantitative estimate of drug-likeness (QED) is 0.0415. The zero-order valence-electron chi connectivity index (χ0n) is 41.5. The van der Waals surface area contributed by atoms with Crippen LogP contribution in [0.2, 0.25) is 0 Å². The number of dihydropyridines is 1. The normalized spacial score (nSPS) is 20.7. The van der Waals surface area contributed by atoms with Gasteiger partial charge < -0.3 is 56.7 Å². The van der Waals surface area contributed by atoms with Crippen LogP contribution in [-0.2, 0) is 77.9 Å². The number of aliphatic hydroxyl groups is 1. The lowest BCUT2D eigenvalue weighted by molar-refractivity contribution is -0.172. The van der Waals surface area contributed by atoms with Crippen molar-refractivity contribution in [1.29, 1.82) is 0 Å². The van der Waals surface area contributed by atoms with E-state index in [4.69, 9.17) is 9.84 Å². The van der Waals surface area contributed by atoms with Crippen LogP contribution in [0.25, 0.3) is 5.70 Å². The molecule has 2 aliphatic carbocycles. The number of hydrogen-bond acceptors (Lipinski definition) is 14. The summed E-state index contributed by atoms with van der Waals surface area (Å²) < 4.78 is 22.2. The van der Waals surface area contributed by atoms with Gasteiger partial charge in [0, 0.05) is 49.1 Å². The van der Waals surface area contributed by atoms with Gasteiger partial charge in [-0.15, -0.1) is 0 Å². The van der Waals surface area contributed by atoms with E-state index >= 15 is 4.39 Å². The van der Waals surface area contributed by atoms with Crippen molar-refractivity contribution in [2.45, 2.75) is 108 Å². The number of esters is 1. The van der Waals surface area contributed by atoms with Gasteiger partial charge in [-0.05, 0) is 79.0 Å². The molecule has 76 heavy (non-hydrogen) atoms. The minimum absolute atomic E-state index is 0.00612. The number of benzene rings is 1. The van der Waals surface area contributed by atoms with E-state index < -0.39 is 127 Å². The Balaban J connectivity index is 0.829. The highest BCUT2D eigenvalue weighted by molar-refractivity contribution is 6.15. The number of ether oxygens (including phenoxy) is 1. The van der Waals surface area contributed by atoms with Crippen molar-refractivity contribution < 1.29 is 67.3 Å². The van der Waals surface area contributed by atoms with Crippen molar-refractivity contribution in [1.82, 2.24) is 46.7 Å². The van der Waals surface area contributed by atoms with Gasteiger partial charge in [-0.25, -0.2) is 9.18 Å². The summed E-state index contributed by atoms with van der Waals surface area (Å²) >= 11 is 0. The summed E-state index contributed by atoms with van der Waals surface area (Å²) in [5.41, 5.74) is 3.02. The number of amides is 8. The third-order valence-electron chi connectivity index (χ3n) is 14.2. The molecule has 0 spiro atoms. The third-order valence-corrected chi connectivity index (χ3v) is 14.2. The van der Waals surface area contributed by atoms with E-state index in [9.17, 15) is 57.8 Å². The molecule has 8 amide bonds. The van der Waals surface area contributed by atoms with Gasteiger partial charge in [0.2, 0.25) is 35.4 Å². The minimum Gasteiger partial charge on any atom is -0.481 e. The molecule has 5 atom stereocenters. The summed E-state index contributed by atoms with van der Waals surface area (Å²) in [7, 11) is 0. The van der Waals surface area contributed by atoms with E-state index in [0.29, 0.717) is 45.8 Å². The molecule has 0 fully saturated rings. The maximum Gasteiger partial charge on any atom is 0.343 e. The first kappa shape index (κ1) is 53.7. The molecule has 8 rings (SSSR count). The third kappa shape index (κ3) is 11.1. The number of halogens is 1. The molecule has 1 aromatic carbocycles. The summed E-state index contributed by atoms with van der Waals surface area (Å²) in [5.74, 6) is -8.49. The Morgan fingerprint density at radius 1 is 0.868 bits per heavy atom. The Labute approximate surface area is 433 Å². The van der Waals surface area contributed by atoms with Crippen molar-refractivity contribution in [2.75, 3.05) is 26.2 Å². The average Bonchev–Trinajstić information content (AvgIpc) is 4.02. The van der Waals surface area contributed by atoms with E-state index in [-0.39, 0.29) is 62.4 Å². The van der Waals surface area contributed by atoms with Crippen LogP contribution in [0.15, 0.2) is 93.1 Å². The summed E-state index contributed by atoms with van der Waals surface area (Å²) in [5, 5.41) is 39.2. The van der Waals surface area contributed by atoms with Crippen LogP contribution in [0.4, 0.5) is 4.39 Å². The second kappa shape index (κ2) is 22.5. The van der Waals surface area contributed by atoms with Crippen LogP contribution in [0, 0.1) is 0 Å². The van der Waals surface area contributed by atoms with Crippen LogP contribution in [0.3, 0.4) is 0 Å². The Hall–Kier alpha value is -8.54. The van der Waals surface area contributed by atoms with Crippen molar-refractivity contribution in [2.24, 2.45) is 0 Å². The molecule has 0 bridgehead atoms. The van der Waals surface area contributed by atoms with E-state index in [0.717, 1.165) is 28.9 Å². The van der Waals surface area contributed by atoms with E-state index in [1.165, 1.54) is 10.6 Å². The molecule has 5 heterocycles. The fraction of sp³-hybridized carbons (Fsp3) is 0.404. The highest BCUT2D eigenvalue weighted by Gasteiger charge is 2.48. The maximum atomic E-state index is 15.4. The molecule has 400 valence electrons. The molecule has 1 unspecified atom stereocenters. The van der Waals surface area contributed by atoms with Gasteiger partial charge in [0.1, 0.15) is 24.5 Å². The Bertz CT molecular complexity index is 3050. The van der Waals surface area contributed by atoms with Gasteiger partial charge in [-0.1, -0.05) is 37.3 Å². The number of aliphatic carboxylic acids is 1. The summed E-state index contributed by atoms with van der Waals surface area (Å²) in [6.07, 6.45) is 3.39. The van der Waals surface area contributed by atoms with Crippen molar-refractivity contribution in [3.63, 3.8) is 0 Å². The molecule has 24 heteroatoms. The summed E-state index contributed by atoms with van der Waals surface area (Å²) in [4.78, 5) is 141. The Morgan fingerprint density at radius 2 is 1.55 bits per heavy atom. The number of aromatic nitrogens is 1. The number of carbonyl (C=O) groups excluding carboxylic acids is 9. The van der Waals surface area contributed by atoms with Crippen LogP contribution in [0.5, 0.6) is 0 Å². The number of cyclic esters (lactones) is 1. The van der Waals surface area contributed by atoms with Crippen LogP contribution >= 0.6 is 0 Å². The van der Waals surface area contributed by atoms with Gasteiger partial charge in [-0.3, -0.25) is 52.8 Å². The number of pyridine rings is 1. The summed E-state index contributed by atoms with van der Waals surface area (Å²) in [6.45, 7) is 1.33. The van der Waals surface area contributed by atoms with Crippen LogP contribution in [-0.4, -0.2) is 129 Å². The monoisotopic (exact) mass is 1050 g/mol. The van der Waals surface area contributed by atoms with Crippen molar-refractivity contribution in [3.05, 3.63) is 121 Å². The minimum atomic E-state index is -2.03. The van der Waals surface area contributed by atoms with E-state index in [2.05, 4.69) is 37.2 Å². The Morgan fingerprint density at radius 3 is 2.25 bits per heavy atom. The van der Waals surface area contributed by atoms with Gasteiger partial charge in [0.15, 0.2) is 5.60 Å². The van der Waals surface area contributed by atoms with Gasteiger partial charge in [-0.2, -0.15) is 0 Å². The zero-order chi connectivity index (χ0) is 54.6. The lowest BCUT2D eigenvalue weighted by Crippen LogP contribution is -2.53. The predicted molar refractivity (Wildman–Crippen MR) is 264 cm³/mol.